The second-order valence-electron chi connectivity index (χ2n) is 7.07. The molecule has 0 radical (unpaired) electrons. The highest BCUT2D eigenvalue weighted by atomic mass is 16.3. The normalized spacial score (nSPS) is 11.5. The van der Waals surface area contributed by atoms with E-state index in [1.54, 1.807) is 12.1 Å². The average Bonchev–Trinajstić information content (AvgIpc) is 3.23. The third-order valence-corrected chi connectivity index (χ3v) is 4.92. The molecule has 0 aliphatic heterocycles. The van der Waals surface area contributed by atoms with Gasteiger partial charge in [-0.1, -0.05) is 69.3 Å². The molecule has 0 bridgehead atoms. The fourth-order valence-corrected chi connectivity index (χ4v) is 2.83. The van der Waals surface area contributed by atoms with E-state index in [2.05, 4.69) is 45.0 Å². The van der Waals surface area contributed by atoms with Crippen LogP contribution in [-0.2, 0) is 5.41 Å². The lowest BCUT2D eigenvalue weighted by atomic mass is 9.81. The van der Waals surface area contributed by atoms with Crippen molar-refractivity contribution < 1.29 is 10.2 Å². The lowest BCUT2D eigenvalue weighted by Gasteiger charge is -2.25. The SMILES string of the molecule is CCC(C)(C)c1cc(O)c(-c2ccccc2)cc1O.c1cc2cc-2c1. The van der Waals surface area contributed by atoms with Crippen LogP contribution in [-0.4, -0.2) is 10.2 Å². The van der Waals surface area contributed by atoms with Crippen LogP contribution in [0.2, 0.25) is 0 Å². The highest BCUT2D eigenvalue weighted by Crippen LogP contribution is 2.41. The van der Waals surface area contributed by atoms with Gasteiger partial charge in [0.05, 0.1) is 0 Å². The minimum absolute atomic E-state index is 0.156. The summed E-state index contributed by atoms with van der Waals surface area (Å²) in [5.41, 5.74) is 5.04. The van der Waals surface area contributed by atoms with E-state index >= 15 is 0 Å². The smallest absolute Gasteiger partial charge is 0.123 e. The topological polar surface area (TPSA) is 40.5 Å². The van der Waals surface area contributed by atoms with E-state index in [1.165, 1.54) is 11.1 Å². The fraction of sp³-hybridized carbons (Fsp3) is 0.217. The monoisotopic (exact) mass is 332 g/mol. The van der Waals surface area contributed by atoms with E-state index in [0.29, 0.717) is 5.56 Å². The maximum atomic E-state index is 10.2. The minimum Gasteiger partial charge on any atom is -0.508 e. The van der Waals surface area contributed by atoms with Crippen molar-refractivity contribution in [2.75, 3.05) is 0 Å². The Morgan fingerprint density at radius 3 is 1.80 bits per heavy atom. The zero-order chi connectivity index (χ0) is 18.0. The molecule has 0 amide bonds. The largest absolute Gasteiger partial charge is 0.508 e. The predicted octanol–water partition coefficient (Wildman–Crippen LogP) is 6.12. The fourth-order valence-electron chi connectivity index (χ4n) is 2.83. The van der Waals surface area contributed by atoms with Gasteiger partial charge >= 0.3 is 0 Å². The molecule has 2 heteroatoms. The van der Waals surface area contributed by atoms with Crippen LogP contribution >= 0.6 is 0 Å². The maximum absolute atomic E-state index is 10.2. The van der Waals surface area contributed by atoms with E-state index in [0.717, 1.165) is 17.5 Å². The number of aromatic hydroxyl groups is 2. The summed E-state index contributed by atoms with van der Waals surface area (Å²) in [4.78, 5) is 0. The van der Waals surface area contributed by atoms with Crippen molar-refractivity contribution >= 4 is 0 Å². The summed E-state index contributed by atoms with van der Waals surface area (Å²) < 4.78 is 0. The molecule has 0 atom stereocenters. The number of fused-ring (bicyclic) bond motifs is 1. The first-order valence-corrected chi connectivity index (χ1v) is 8.64. The van der Waals surface area contributed by atoms with E-state index in [9.17, 15) is 10.2 Å². The molecular formula is C23H24O2. The summed E-state index contributed by atoms with van der Waals surface area (Å²) >= 11 is 0. The molecular weight excluding hydrogens is 308 g/mol. The zero-order valence-electron chi connectivity index (χ0n) is 15.0. The number of hydrogen-bond acceptors (Lipinski definition) is 2. The highest BCUT2D eigenvalue weighted by Gasteiger charge is 2.23. The molecule has 2 N–H and O–H groups in total. The first-order chi connectivity index (χ1) is 11.9. The summed E-state index contributed by atoms with van der Waals surface area (Å²) in [6.07, 6.45) is 0.894. The molecule has 2 aromatic carbocycles. The molecule has 2 aliphatic rings. The van der Waals surface area contributed by atoms with Gasteiger partial charge in [0.2, 0.25) is 0 Å². The third-order valence-electron chi connectivity index (χ3n) is 4.92. The van der Waals surface area contributed by atoms with Crippen molar-refractivity contribution in [3.63, 3.8) is 0 Å². The molecule has 0 fully saturated rings. The maximum Gasteiger partial charge on any atom is 0.123 e. The Morgan fingerprint density at radius 1 is 0.720 bits per heavy atom. The first kappa shape index (κ1) is 17.1. The summed E-state index contributed by atoms with van der Waals surface area (Å²) in [5.74, 6) is 0.448. The molecule has 0 spiro atoms. The number of benzene rings is 3. The van der Waals surface area contributed by atoms with Crippen LogP contribution in [0, 0.1) is 0 Å². The van der Waals surface area contributed by atoms with Gasteiger partial charge < -0.3 is 10.2 Å². The van der Waals surface area contributed by atoms with Gasteiger partial charge in [0.15, 0.2) is 0 Å². The molecule has 2 nitrogen and oxygen atoms in total. The quantitative estimate of drug-likeness (QED) is 0.444. The van der Waals surface area contributed by atoms with Gasteiger partial charge in [-0.25, -0.2) is 0 Å². The van der Waals surface area contributed by atoms with Crippen molar-refractivity contribution in [1.29, 1.82) is 0 Å². The van der Waals surface area contributed by atoms with Crippen molar-refractivity contribution in [1.82, 2.24) is 0 Å². The van der Waals surface area contributed by atoms with Gasteiger partial charge in [-0.05, 0) is 46.7 Å². The predicted molar refractivity (Wildman–Crippen MR) is 104 cm³/mol. The van der Waals surface area contributed by atoms with Gasteiger partial charge in [0, 0.05) is 11.1 Å². The number of phenolic OH excluding ortho intramolecular Hbond substituents is 2. The molecule has 0 heterocycles. The van der Waals surface area contributed by atoms with Crippen LogP contribution in [0.5, 0.6) is 11.5 Å². The molecule has 128 valence electrons. The summed E-state index contributed by atoms with van der Waals surface area (Å²) in [6.45, 7) is 6.19. The van der Waals surface area contributed by atoms with Gasteiger partial charge in [0.25, 0.3) is 0 Å². The van der Waals surface area contributed by atoms with Crippen molar-refractivity contribution in [3.05, 3.63) is 72.3 Å². The highest BCUT2D eigenvalue weighted by molar-refractivity contribution is 5.80. The van der Waals surface area contributed by atoms with Crippen LogP contribution in [0.1, 0.15) is 32.8 Å². The third kappa shape index (κ3) is 3.69. The molecule has 0 saturated heterocycles. The van der Waals surface area contributed by atoms with Gasteiger partial charge in [-0.3, -0.25) is 0 Å². The van der Waals surface area contributed by atoms with Crippen molar-refractivity contribution in [3.8, 4) is 33.8 Å². The first-order valence-electron chi connectivity index (χ1n) is 8.64. The van der Waals surface area contributed by atoms with Crippen LogP contribution in [0.4, 0.5) is 0 Å². The zero-order valence-corrected chi connectivity index (χ0v) is 15.0. The summed E-state index contributed by atoms with van der Waals surface area (Å²) in [7, 11) is 0. The van der Waals surface area contributed by atoms with Crippen LogP contribution in [0.3, 0.4) is 0 Å². The van der Waals surface area contributed by atoms with E-state index < -0.39 is 0 Å². The van der Waals surface area contributed by atoms with Crippen LogP contribution < -0.4 is 0 Å². The Hall–Kier alpha value is -2.74. The van der Waals surface area contributed by atoms with Crippen LogP contribution in [0.25, 0.3) is 22.3 Å². The Labute approximate surface area is 149 Å². The van der Waals surface area contributed by atoms with E-state index in [-0.39, 0.29) is 16.9 Å². The average molecular weight is 332 g/mol. The lowest BCUT2D eigenvalue weighted by molar-refractivity contribution is 0.420. The van der Waals surface area contributed by atoms with E-state index in [1.807, 2.05) is 30.3 Å². The van der Waals surface area contributed by atoms with Gasteiger partial charge in [-0.15, -0.1) is 0 Å². The van der Waals surface area contributed by atoms with Crippen molar-refractivity contribution in [2.45, 2.75) is 32.6 Å². The molecule has 0 saturated carbocycles. The van der Waals surface area contributed by atoms with Crippen molar-refractivity contribution in [2.24, 2.45) is 0 Å². The molecule has 2 aromatic rings. The second-order valence-corrected chi connectivity index (χ2v) is 7.07. The van der Waals surface area contributed by atoms with Gasteiger partial charge in [-0.2, -0.15) is 0 Å². The Bertz CT molecular complexity index is 863. The van der Waals surface area contributed by atoms with E-state index in [4.69, 9.17) is 0 Å². The molecule has 0 unspecified atom stereocenters. The molecule has 25 heavy (non-hydrogen) atoms. The lowest BCUT2D eigenvalue weighted by Crippen LogP contribution is -2.15. The Morgan fingerprint density at radius 2 is 1.32 bits per heavy atom. The number of rotatable bonds is 3. The number of phenols is 2. The summed E-state index contributed by atoms with van der Waals surface area (Å²) in [6, 6.07) is 21.4. The number of hydrogen-bond donors (Lipinski definition) is 2. The molecule has 0 aromatic heterocycles. The minimum atomic E-state index is -0.156. The second kappa shape index (κ2) is 6.64. The Balaban J connectivity index is 0.000000250. The van der Waals surface area contributed by atoms with Gasteiger partial charge in [0.1, 0.15) is 11.5 Å². The van der Waals surface area contributed by atoms with Crippen LogP contribution in [0.15, 0.2) is 66.7 Å². The molecule has 2 aliphatic carbocycles. The standard InChI is InChI=1S/C17H20O2.C6H4/c1-4-17(2,3)14-11-15(18)13(10-16(14)19)12-8-6-5-7-9-12;1-2-5-4-6(5)3-1/h5-11,18-19H,4H2,1-3H3;1-4H. The Kier molecular flexibility index (Phi) is 4.54. The summed E-state index contributed by atoms with van der Waals surface area (Å²) in [5, 5.41) is 20.4. The molecule has 4 rings (SSSR count).